The van der Waals surface area contributed by atoms with E-state index in [1.807, 2.05) is 0 Å². The second kappa shape index (κ2) is 6.22. The van der Waals surface area contributed by atoms with E-state index in [1.54, 1.807) is 0 Å². The van der Waals surface area contributed by atoms with Crippen molar-refractivity contribution in [2.75, 3.05) is 11.9 Å². The lowest BCUT2D eigenvalue weighted by Crippen LogP contribution is -2.47. The van der Waals surface area contributed by atoms with Crippen LogP contribution in [0.25, 0.3) is 0 Å². The van der Waals surface area contributed by atoms with Crippen LogP contribution in [-0.2, 0) is 4.79 Å². The molecule has 6 heteroatoms. The zero-order chi connectivity index (χ0) is 13.9. The van der Waals surface area contributed by atoms with Crippen molar-refractivity contribution in [3.05, 3.63) is 0 Å². The summed E-state index contributed by atoms with van der Waals surface area (Å²) in [6.07, 6.45) is 6.13. The van der Waals surface area contributed by atoms with Crippen molar-refractivity contribution in [1.82, 2.24) is 10.2 Å². The number of alkyl halides is 1. The van der Waals surface area contributed by atoms with Crippen LogP contribution in [-0.4, -0.2) is 45.5 Å². The molecule has 1 aliphatic carbocycles. The molecule has 0 aromatic heterocycles. The summed E-state index contributed by atoms with van der Waals surface area (Å²) in [5.74, 6) is -0.153. The van der Waals surface area contributed by atoms with Gasteiger partial charge in [0.2, 0.25) is 0 Å². The number of carbonyl (C=O) groups excluding carboxylic acids is 2. The summed E-state index contributed by atoms with van der Waals surface area (Å²) in [6, 6.07) is -0.356. The number of nitrogens with one attached hydrogen (secondary N) is 1. The number of imide groups is 1. The molecule has 1 saturated carbocycles. The molecule has 1 heterocycles. The first kappa shape index (κ1) is 14.8. The Morgan fingerprint density at radius 3 is 2.37 bits per heavy atom. The van der Waals surface area contributed by atoms with Crippen LogP contribution in [0.15, 0.2) is 0 Å². The Balaban J connectivity index is 2.10. The maximum Gasteiger partial charge on any atom is 0.325 e. The fourth-order valence-electron chi connectivity index (χ4n) is 2.95. The minimum absolute atomic E-state index is 0.0671. The second-order valence-electron chi connectivity index (χ2n) is 5.50. The van der Waals surface area contributed by atoms with Gasteiger partial charge >= 0.3 is 6.03 Å². The molecule has 0 aromatic carbocycles. The summed E-state index contributed by atoms with van der Waals surface area (Å²) in [6.45, 7) is 0.0671. The third-order valence-corrected chi connectivity index (χ3v) is 4.77. The van der Waals surface area contributed by atoms with E-state index in [-0.39, 0.29) is 18.5 Å². The Labute approximate surface area is 121 Å². The number of nitrogens with zero attached hydrogens (tertiary/aromatic N) is 1. The highest BCUT2D eigenvalue weighted by Gasteiger charge is 2.50. The van der Waals surface area contributed by atoms with Crippen LogP contribution < -0.4 is 5.32 Å². The van der Waals surface area contributed by atoms with E-state index in [1.165, 1.54) is 11.3 Å². The molecule has 2 rings (SSSR count). The Bertz CT molecular complexity index is 354. The number of rotatable bonds is 3. The number of amides is 3. The summed E-state index contributed by atoms with van der Waals surface area (Å²) in [4.78, 5) is 25.7. The molecule has 19 heavy (non-hydrogen) atoms. The maximum absolute atomic E-state index is 12.5. The van der Waals surface area contributed by atoms with Gasteiger partial charge in [-0.05, 0) is 12.8 Å². The van der Waals surface area contributed by atoms with Gasteiger partial charge in [0.15, 0.2) is 0 Å². The molecule has 0 radical (unpaired) electrons. The van der Waals surface area contributed by atoms with Crippen LogP contribution in [0.1, 0.15) is 44.9 Å². The molecule has 2 fully saturated rings. The van der Waals surface area contributed by atoms with Crippen molar-refractivity contribution in [2.24, 2.45) is 0 Å². The van der Waals surface area contributed by atoms with E-state index in [0.717, 1.165) is 38.5 Å². The van der Waals surface area contributed by atoms with Crippen molar-refractivity contribution in [3.8, 4) is 0 Å². The SMILES string of the molecule is O=C1NC2(CCCCCCC2)C(=O)N1CC(O)CBr. The molecule has 1 aliphatic heterocycles. The van der Waals surface area contributed by atoms with Gasteiger partial charge in [-0.2, -0.15) is 0 Å². The number of carbonyl (C=O) groups is 2. The van der Waals surface area contributed by atoms with Gasteiger partial charge in [0.1, 0.15) is 5.54 Å². The molecule has 1 spiro atoms. The van der Waals surface area contributed by atoms with E-state index in [0.29, 0.717) is 5.33 Å². The molecule has 5 nitrogen and oxygen atoms in total. The monoisotopic (exact) mass is 332 g/mol. The van der Waals surface area contributed by atoms with Crippen molar-refractivity contribution in [3.63, 3.8) is 0 Å². The van der Waals surface area contributed by atoms with Gasteiger partial charge in [0.05, 0.1) is 12.6 Å². The largest absolute Gasteiger partial charge is 0.390 e. The van der Waals surface area contributed by atoms with E-state index in [9.17, 15) is 14.7 Å². The lowest BCUT2D eigenvalue weighted by atomic mass is 9.84. The molecular formula is C13H21BrN2O3. The number of hydrogen-bond donors (Lipinski definition) is 2. The number of halogens is 1. The van der Waals surface area contributed by atoms with Crippen molar-refractivity contribution < 1.29 is 14.7 Å². The highest BCUT2D eigenvalue weighted by Crippen LogP contribution is 2.32. The summed E-state index contributed by atoms with van der Waals surface area (Å²) >= 11 is 3.15. The average molecular weight is 333 g/mol. The lowest BCUT2D eigenvalue weighted by Gasteiger charge is -2.28. The number of urea groups is 1. The molecule has 2 aliphatic rings. The predicted octanol–water partition coefficient (Wildman–Crippen LogP) is 1.78. The van der Waals surface area contributed by atoms with Crippen LogP contribution in [0.5, 0.6) is 0 Å². The molecule has 108 valence electrons. The minimum Gasteiger partial charge on any atom is -0.390 e. The zero-order valence-corrected chi connectivity index (χ0v) is 12.6. The Morgan fingerprint density at radius 1 is 1.21 bits per heavy atom. The molecule has 3 amide bonds. The normalized spacial score (nSPS) is 25.1. The van der Waals surface area contributed by atoms with E-state index >= 15 is 0 Å². The van der Waals surface area contributed by atoms with E-state index < -0.39 is 11.6 Å². The van der Waals surface area contributed by atoms with Gasteiger partial charge in [-0.1, -0.05) is 48.0 Å². The Kier molecular flexibility index (Phi) is 4.84. The Morgan fingerprint density at radius 2 is 1.79 bits per heavy atom. The summed E-state index contributed by atoms with van der Waals surface area (Å²) in [7, 11) is 0. The fraction of sp³-hybridized carbons (Fsp3) is 0.846. The van der Waals surface area contributed by atoms with Gasteiger partial charge in [-0.25, -0.2) is 4.79 Å². The third-order valence-electron chi connectivity index (χ3n) is 4.02. The predicted molar refractivity (Wildman–Crippen MR) is 75.1 cm³/mol. The van der Waals surface area contributed by atoms with Crippen LogP contribution in [0.2, 0.25) is 0 Å². The van der Waals surface area contributed by atoms with Crippen molar-refractivity contribution in [1.29, 1.82) is 0 Å². The highest BCUT2D eigenvalue weighted by molar-refractivity contribution is 9.09. The standard InChI is InChI=1S/C13H21BrN2O3/c14-8-10(17)9-16-11(18)13(15-12(16)19)6-4-2-1-3-5-7-13/h10,17H,1-9H2,(H,15,19). The lowest BCUT2D eigenvalue weighted by molar-refractivity contribution is -0.132. The fourth-order valence-corrected chi connectivity index (χ4v) is 3.15. The van der Waals surface area contributed by atoms with Gasteiger partial charge < -0.3 is 10.4 Å². The molecule has 0 bridgehead atoms. The summed E-state index contributed by atoms with van der Waals surface area (Å²) < 4.78 is 0. The van der Waals surface area contributed by atoms with E-state index in [2.05, 4.69) is 21.2 Å². The second-order valence-corrected chi connectivity index (χ2v) is 6.15. The summed E-state index contributed by atoms with van der Waals surface area (Å²) in [5.41, 5.74) is -0.705. The first-order chi connectivity index (χ1) is 9.09. The smallest absolute Gasteiger partial charge is 0.325 e. The van der Waals surface area contributed by atoms with Crippen LogP contribution in [0, 0.1) is 0 Å². The van der Waals surface area contributed by atoms with Crippen LogP contribution in [0.4, 0.5) is 4.79 Å². The van der Waals surface area contributed by atoms with Crippen LogP contribution >= 0.6 is 15.9 Å². The number of aliphatic hydroxyl groups excluding tert-OH is 1. The molecule has 1 unspecified atom stereocenters. The maximum atomic E-state index is 12.5. The highest BCUT2D eigenvalue weighted by atomic mass is 79.9. The van der Waals surface area contributed by atoms with Gasteiger partial charge in [-0.15, -0.1) is 0 Å². The molecule has 1 atom stereocenters. The molecule has 1 saturated heterocycles. The molecule has 0 aromatic rings. The molecule has 2 N–H and O–H groups in total. The zero-order valence-electron chi connectivity index (χ0n) is 11.0. The average Bonchev–Trinajstić information content (AvgIpc) is 2.59. The minimum atomic E-state index is -0.710. The van der Waals surface area contributed by atoms with Gasteiger partial charge in [0.25, 0.3) is 5.91 Å². The van der Waals surface area contributed by atoms with E-state index in [4.69, 9.17) is 0 Å². The van der Waals surface area contributed by atoms with Crippen LogP contribution in [0.3, 0.4) is 0 Å². The van der Waals surface area contributed by atoms with Gasteiger partial charge in [0, 0.05) is 5.33 Å². The number of β-amino-alcohol motifs (C(OH)–C–C–N with tert-alkyl or cyclic N) is 1. The number of aliphatic hydroxyl groups is 1. The van der Waals surface area contributed by atoms with Crippen molar-refractivity contribution in [2.45, 2.75) is 56.6 Å². The first-order valence-corrected chi connectivity index (χ1v) is 8.09. The first-order valence-electron chi connectivity index (χ1n) is 6.97. The topological polar surface area (TPSA) is 69.6 Å². The summed E-state index contributed by atoms with van der Waals surface area (Å²) in [5, 5.41) is 12.9. The molecular weight excluding hydrogens is 312 g/mol. The van der Waals surface area contributed by atoms with Crippen molar-refractivity contribution >= 4 is 27.9 Å². The Hall–Kier alpha value is -0.620. The third kappa shape index (κ3) is 3.11. The van der Waals surface area contributed by atoms with Gasteiger partial charge in [-0.3, -0.25) is 9.69 Å². The quantitative estimate of drug-likeness (QED) is 0.611. The number of hydrogen-bond acceptors (Lipinski definition) is 3.